The summed E-state index contributed by atoms with van der Waals surface area (Å²) >= 11 is 7.30. The van der Waals surface area contributed by atoms with Crippen LogP contribution in [0.2, 0.25) is 5.02 Å². The van der Waals surface area contributed by atoms with Gasteiger partial charge in [0, 0.05) is 13.1 Å². The fourth-order valence-electron chi connectivity index (χ4n) is 2.56. The quantitative estimate of drug-likeness (QED) is 0.735. The van der Waals surface area contributed by atoms with Crippen LogP contribution in [0.15, 0.2) is 23.3 Å². The number of fused-ring (bicyclic) bond motifs is 1. The van der Waals surface area contributed by atoms with E-state index in [1.807, 2.05) is 0 Å². The minimum atomic E-state index is -0.368. The van der Waals surface area contributed by atoms with Crippen LogP contribution >= 0.6 is 22.9 Å². The second kappa shape index (κ2) is 6.97. The number of carbonyl (C=O) groups excluding carboxylic acids is 1. The highest BCUT2D eigenvalue weighted by Crippen LogP contribution is 2.36. The molecule has 0 bridgehead atoms. The molecule has 0 aliphatic heterocycles. The summed E-state index contributed by atoms with van der Waals surface area (Å²) in [6.45, 7) is 1.73. The Morgan fingerprint density at radius 3 is 2.62 bits per heavy atom. The number of rotatable bonds is 4. The van der Waals surface area contributed by atoms with Crippen molar-refractivity contribution in [2.75, 3.05) is 19.5 Å². The largest absolute Gasteiger partial charge is 0.495 e. The van der Waals surface area contributed by atoms with Crippen molar-refractivity contribution in [2.45, 2.75) is 6.92 Å². The van der Waals surface area contributed by atoms with Crippen LogP contribution in [0, 0.1) is 6.92 Å². The first kappa shape index (κ1) is 18.2. The SMILES string of the molecule is COc1cc(OC)c(NC(=O)c2sc3ncn(C)c(=O)c3c2C)cc1Cl. The van der Waals surface area contributed by atoms with E-state index in [2.05, 4.69) is 10.3 Å². The van der Waals surface area contributed by atoms with Crippen LogP contribution in [0.1, 0.15) is 15.2 Å². The van der Waals surface area contributed by atoms with Crippen molar-refractivity contribution < 1.29 is 14.3 Å². The van der Waals surface area contributed by atoms with E-state index in [1.54, 1.807) is 26.1 Å². The lowest BCUT2D eigenvalue weighted by atomic mass is 10.2. The average molecular weight is 394 g/mol. The van der Waals surface area contributed by atoms with Gasteiger partial charge in [0.25, 0.3) is 11.5 Å². The van der Waals surface area contributed by atoms with Crippen molar-refractivity contribution >= 4 is 44.7 Å². The number of aromatic nitrogens is 2. The molecule has 0 saturated carbocycles. The Morgan fingerprint density at radius 2 is 1.96 bits per heavy atom. The highest BCUT2D eigenvalue weighted by Gasteiger charge is 2.21. The van der Waals surface area contributed by atoms with Crippen LogP contribution < -0.4 is 20.3 Å². The zero-order chi connectivity index (χ0) is 19.0. The molecule has 7 nitrogen and oxygen atoms in total. The molecule has 9 heteroatoms. The first-order chi connectivity index (χ1) is 12.4. The lowest BCUT2D eigenvalue weighted by molar-refractivity contribution is 0.102. The number of benzene rings is 1. The predicted octanol–water partition coefficient (Wildman–Crippen LogP) is 3.23. The number of halogens is 1. The van der Waals surface area contributed by atoms with E-state index in [9.17, 15) is 9.59 Å². The molecule has 1 aromatic carbocycles. The number of anilines is 1. The molecule has 0 radical (unpaired) electrons. The van der Waals surface area contributed by atoms with E-state index in [0.29, 0.717) is 42.9 Å². The number of methoxy groups -OCH3 is 2. The average Bonchev–Trinajstić information content (AvgIpc) is 2.96. The lowest BCUT2D eigenvalue weighted by Gasteiger charge is -2.12. The summed E-state index contributed by atoms with van der Waals surface area (Å²) in [7, 11) is 4.60. The zero-order valence-corrected chi connectivity index (χ0v) is 16.1. The number of amides is 1. The molecule has 136 valence electrons. The van der Waals surface area contributed by atoms with Crippen LogP contribution in [0.4, 0.5) is 5.69 Å². The van der Waals surface area contributed by atoms with Gasteiger partial charge in [0.1, 0.15) is 16.3 Å². The van der Waals surface area contributed by atoms with Crippen LogP contribution in [-0.4, -0.2) is 29.7 Å². The molecular weight excluding hydrogens is 378 g/mol. The maximum absolute atomic E-state index is 12.8. The van der Waals surface area contributed by atoms with Crippen LogP contribution in [0.25, 0.3) is 10.2 Å². The molecule has 0 aliphatic rings. The van der Waals surface area contributed by atoms with Crippen LogP contribution in [0.3, 0.4) is 0 Å². The first-order valence-corrected chi connectivity index (χ1v) is 8.74. The van der Waals surface area contributed by atoms with E-state index < -0.39 is 0 Å². The summed E-state index contributed by atoms with van der Waals surface area (Å²) in [6.07, 6.45) is 1.44. The Bertz CT molecular complexity index is 1070. The standard InChI is InChI=1S/C17H16ClN3O4S/c1-8-13-16(19-7-21(2)17(13)23)26-14(8)15(22)20-10-5-9(18)11(24-3)6-12(10)25-4/h5-7H,1-4H3,(H,20,22). The molecule has 3 rings (SSSR count). The van der Waals surface area contributed by atoms with Gasteiger partial charge >= 0.3 is 0 Å². The van der Waals surface area contributed by atoms with Gasteiger partial charge in [-0.25, -0.2) is 4.98 Å². The maximum Gasteiger partial charge on any atom is 0.266 e. The molecule has 2 aromatic heterocycles. The number of thiophene rings is 1. The number of nitrogens with one attached hydrogen (secondary N) is 1. The molecule has 1 N–H and O–H groups in total. The molecule has 0 fully saturated rings. The lowest BCUT2D eigenvalue weighted by Crippen LogP contribution is -2.17. The van der Waals surface area contributed by atoms with Gasteiger partial charge in [0.2, 0.25) is 0 Å². The number of hydrogen-bond donors (Lipinski definition) is 1. The molecular formula is C17H16ClN3O4S. The second-order valence-corrected chi connectivity index (χ2v) is 6.94. The highest BCUT2D eigenvalue weighted by molar-refractivity contribution is 7.20. The van der Waals surface area contributed by atoms with Gasteiger partial charge in [-0.3, -0.25) is 9.59 Å². The number of nitrogens with zero attached hydrogens (tertiary/aromatic N) is 2. The molecule has 0 aliphatic carbocycles. The van der Waals surface area contributed by atoms with Gasteiger partial charge in [-0.2, -0.15) is 0 Å². The first-order valence-electron chi connectivity index (χ1n) is 7.55. The van der Waals surface area contributed by atoms with Gasteiger partial charge in [0.05, 0.1) is 41.5 Å². The van der Waals surface area contributed by atoms with Crippen molar-refractivity contribution in [3.63, 3.8) is 0 Å². The molecule has 0 saturated heterocycles. The molecule has 0 unspecified atom stereocenters. The molecule has 1 amide bonds. The Labute approximate surface area is 158 Å². The molecule has 0 spiro atoms. The van der Waals surface area contributed by atoms with Crippen LogP contribution in [0.5, 0.6) is 11.5 Å². The summed E-state index contributed by atoms with van der Waals surface area (Å²) in [5, 5.41) is 3.56. The van der Waals surface area contributed by atoms with Crippen molar-refractivity contribution in [1.82, 2.24) is 9.55 Å². The molecule has 0 atom stereocenters. The fraction of sp³-hybridized carbons (Fsp3) is 0.235. The Kier molecular flexibility index (Phi) is 4.88. The Hall–Kier alpha value is -2.58. The van der Waals surface area contributed by atoms with E-state index in [1.165, 1.54) is 25.1 Å². The van der Waals surface area contributed by atoms with Gasteiger partial charge in [-0.05, 0) is 18.6 Å². The summed E-state index contributed by atoms with van der Waals surface area (Å²) in [5.74, 6) is 0.478. The van der Waals surface area contributed by atoms with Gasteiger partial charge in [-0.1, -0.05) is 11.6 Å². The second-order valence-electron chi connectivity index (χ2n) is 5.54. The summed E-state index contributed by atoms with van der Waals surface area (Å²) in [5.41, 5.74) is 0.809. The topological polar surface area (TPSA) is 82.4 Å². The monoisotopic (exact) mass is 393 g/mol. The Morgan fingerprint density at radius 1 is 1.27 bits per heavy atom. The normalized spacial score (nSPS) is 10.8. The van der Waals surface area contributed by atoms with Crippen molar-refractivity contribution in [3.8, 4) is 11.5 Å². The van der Waals surface area contributed by atoms with Crippen molar-refractivity contribution in [1.29, 1.82) is 0 Å². The van der Waals surface area contributed by atoms with E-state index in [-0.39, 0.29) is 11.5 Å². The summed E-state index contributed by atoms with van der Waals surface area (Å²) in [6, 6.07) is 3.14. The fourth-order valence-corrected chi connectivity index (χ4v) is 3.84. The third kappa shape index (κ3) is 3.02. The number of hydrogen-bond acceptors (Lipinski definition) is 6. The maximum atomic E-state index is 12.8. The number of ether oxygens (including phenoxy) is 2. The molecule has 2 heterocycles. The van der Waals surface area contributed by atoms with Gasteiger partial charge < -0.3 is 19.4 Å². The van der Waals surface area contributed by atoms with Crippen LogP contribution in [-0.2, 0) is 7.05 Å². The summed E-state index contributed by atoms with van der Waals surface area (Å²) < 4.78 is 11.8. The Balaban J connectivity index is 2.03. The number of aryl methyl sites for hydroxylation is 2. The van der Waals surface area contributed by atoms with Gasteiger partial charge in [0.15, 0.2) is 0 Å². The third-order valence-electron chi connectivity index (χ3n) is 3.94. The number of carbonyl (C=O) groups is 1. The molecule has 3 aromatic rings. The molecule has 26 heavy (non-hydrogen) atoms. The van der Waals surface area contributed by atoms with Gasteiger partial charge in [-0.15, -0.1) is 11.3 Å². The minimum absolute atomic E-state index is 0.187. The zero-order valence-electron chi connectivity index (χ0n) is 14.5. The van der Waals surface area contributed by atoms with Crippen molar-refractivity contribution in [2.24, 2.45) is 7.05 Å². The smallest absolute Gasteiger partial charge is 0.266 e. The van der Waals surface area contributed by atoms with E-state index >= 15 is 0 Å². The highest BCUT2D eigenvalue weighted by atomic mass is 35.5. The van der Waals surface area contributed by atoms with E-state index in [0.717, 1.165) is 11.3 Å². The van der Waals surface area contributed by atoms with Crippen molar-refractivity contribution in [3.05, 3.63) is 44.3 Å². The van der Waals surface area contributed by atoms with E-state index in [4.69, 9.17) is 21.1 Å². The predicted molar refractivity (Wildman–Crippen MR) is 102 cm³/mol. The third-order valence-corrected chi connectivity index (χ3v) is 5.43. The minimum Gasteiger partial charge on any atom is -0.495 e. The summed E-state index contributed by atoms with van der Waals surface area (Å²) in [4.78, 5) is 30.2.